The number of carbonyl (C=O) groups excluding carboxylic acids is 2. The molecule has 1 aliphatic heterocycles. The number of cyclic esters (lactones) is 1. The Bertz CT molecular complexity index is 406. The molecule has 1 saturated heterocycles. The van der Waals surface area contributed by atoms with Gasteiger partial charge in [0.25, 0.3) is 0 Å². The molecule has 23 heavy (non-hydrogen) atoms. The molecule has 0 aromatic rings. The number of unbranched alkanes of at least 4 members (excludes halogenated alkanes) is 4. The molecule has 1 heterocycles. The van der Waals surface area contributed by atoms with Gasteiger partial charge in [0.2, 0.25) is 5.91 Å². The predicted molar refractivity (Wildman–Crippen MR) is 90.0 cm³/mol. The summed E-state index contributed by atoms with van der Waals surface area (Å²) in [6.45, 7) is 9.76. The van der Waals surface area contributed by atoms with Crippen LogP contribution in [0.25, 0.3) is 0 Å². The van der Waals surface area contributed by atoms with Crippen LogP contribution in [0.2, 0.25) is 0 Å². The van der Waals surface area contributed by atoms with Crippen LogP contribution >= 0.6 is 0 Å². The van der Waals surface area contributed by atoms with E-state index in [9.17, 15) is 14.7 Å². The van der Waals surface area contributed by atoms with Gasteiger partial charge in [0.1, 0.15) is 5.60 Å². The number of aliphatic hydroxyl groups is 1. The average molecular weight is 327 g/mol. The second-order valence-electron chi connectivity index (χ2n) is 7.48. The lowest BCUT2D eigenvalue weighted by Crippen LogP contribution is -2.48. The standard InChI is InChI=1S/C18H33NO4/c1-6-7-8-9-10-11-14(20)12-15(21)19-16(13(2)3)18(4,5)23-17(19)22/h13-14,16,20H,6-12H2,1-5H3/t14-,16-/m0/s1. The summed E-state index contributed by atoms with van der Waals surface area (Å²) in [7, 11) is 0. The molecule has 2 amide bonds. The molecule has 0 aromatic heterocycles. The van der Waals surface area contributed by atoms with Crippen molar-refractivity contribution in [1.29, 1.82) is 0 Å². The summed E-state index contributed by atoms with van der Waals surface area (Å²) < 4.78 is 5.35. The minimum absolute atomic E-state index is 0.0117. The second kappa shape index (κ2) is 8.67. The van der Waals surface area contributed by atoms with E-state index < -0.39 is 17.8 Å². The highest BCUT2D eigenvalue weighted by Gasteiger charge is 2.51. The summed E-state index contributed by atoms with van der Waals surface area (Å²) in [5, 5.41) is 10.1. The molecule has 1 aliphatic rings. The summed E-state index contributed by atoms with van der Waals surface area (Å²) in [5.41, 5.74) is -0.688. The maximum Gasteiger partial charge on any atom is 0.417 e. The Morgan fingerprint density at radius 1 is 1.26 bits per heavy atom. The van der Waals surface area contributed by atoms with Gasteiger partial charge in [-0.3, -0.25) is 4.79 Å². The van der Waals surface area contributed by atoms with Crippen LogP contribution in [-0.2, 0) is 9.53 Å². The second-order valence-corrected chi connectivity index (χ2v) is 7.48. The number of ether oxygens (including phenoxy) is 1. The van der Waals surface area contributed by atoms with Gasteiger partial charge in [-0.15, -0.1) is 0 Å². The summed E-state index contributed by atoms with van der Waals surface area (Å²) in [4.78, 5) is 25.7. The third-order valence-electron chi connectivity index (χ3n) is 4.49. The third kappa shape index (κ3) is 5.48. The number of carbonyl (C=O) groups is 2. The minimum Gasteiger partial charge on any atom is -0.441 e. The first-order valence-electron chi connectivity index (χ1n) is 8.93. The van der Waals surface area contributed by atoms with Gasteiger partial charge in [0.15, 0.2) is 0 Å². The molecule has 5 nitrogen and oxygen atoms in total. The van der Waals surface area contributed by atoms with Crippen LogP contribution in [0, 0.1) is 5.92 Å². The van der Waals surface area contributed by atoms with Crippen LogP contribution in [0.3, 0.4) is 0 Å². The van der Waals surface area contributed by atoms with Crippen molar-refractivity contribution in [2.45, 2.75) is 97.3 Å². The zero-order valence-corrected chi connectivity index (χ0v) is 15.3. The number of imide groups is 1. The van der Waals surface area contributed by atoms with Crippen LogP contribution in [0.15, 0.2) is 0 Å². The monoisotopic (exact) mass is 327 g/mol. The van der Waals surface area contributed by atoms with Crippen molar-refractivity contribution in [1.82, 2.24) is 4.90 Å². The van der Waals surface area contributed by atoms with Gasteiger partial charge < -0.3 is 9.84 Å². The van der Waals surface area contributed by atoms with E-state index >= 15 is 0 Å². The topological polar surface area (TPSA) is 66.8 Å². The fraction of sp³-hybridized carbons (Fsp3) is 0.889. The van der Waals surface area contributed by atoms with Crippen molar-refractivity contribution < 1.29 is 19.4 Å². The number of amides is 2. The van der Waals surface area contributed by atoms with Gasteiger partial charge in [-0.1, -0.05) is 52.9 Å². The smallest absolute Gasteiger partial charge is 0.417 e. The summed E-state index contributed by atoms with van der Waals surface area (Å²) in [6.07, 6.45) is 4.87. The van der Waals surface area contributed by atoms with Crippen molar-refractivity contribution in [3.63, 3.8) is 0 Å². The Kier molecular flexibility index (Phi) is 7.52. The van der Waals surface area contributed by atoms with Crippen molar-refractivity contribution >= 4 is 12.0 Å². The molecule has 5 heteroatoms. The molecule has 0 spiro atoms. The SMILES string of the molecule is CCCCCCC[C@H](O)CC(=O)N1C(=O)OC(C)(C)[C@@H]1C(C)C. The zero-order valence-electron chi connectivity index (χ0n) is 15.3. The quantitative estimate of drug-likeness (QED) is 0.653. The Labute approximate surface area is 140 Å². The van der Waals surface area contributed by atoms with Gasteiger partial charge in [0.05, 0.1) is 18.6 Å². The molecule has 0 saturated carbocycles. The maximum absolute atomic E-state index is 12.5. The fourth-order valence-electron chi connectivity index (χ4n) is 3.50. The van der Waals surface area contributed by atoms with Crippen molar-refractivity contribution in [3.05, 3.63) is 0 Å². The van der Waals surface area contributed by atoms with Crippen LogP contribution in [0.1, 0.15) is 79.6 Å². The lowest BCUT2D eigenvalue weighted by atomic mass is 9.88. The van der Waals surface area contributed by atoms with E-state index in [1.54, 1.807) is 0 Å². The fourth-order valence-corrected chi connectivity index (χ4v) is 3.50. The highest BCUT2D eigenvalue weighted by molar-refractivity contribution is 5.94. The summed E-state index contributed by atoms with van der Waals surface area (Å²) >= 11 is 0. The van der Waals surface area contributed by atoms with Crippen molar-refractivity contribution in [2.24, 2.45) is 5.92 Å². The van der Waals surface area contributed by atoms with E-state index in [1.165, 1.54) is 24.2 Å². The van der Waals surface area contributed by atoms with Crippen LogP contribution in [0.4, 0.5) is 4.79 Å². The predicted octanol–water partition coefficient (Wildman–Crippen LogP) is 3.88. The highest BCUT2D eigenvalue weighted by Crippen LogP contribution is 2.34. The molecule has 2 atom stereocenters. The van der Waals surface area contributed by atoms with Gasteiger partial charge in [-0.25, -0.2) is 9.69 Å². The molecule has 0 bridgehead atoms. The first-order chi connectivity index (χ1) is 10.7. The third-order valence-corrected chi connectivity index (χ3v) is 4.49. The number of hydrogen-bond acceptors (Lipinski definition) is 4. The lowest BCUT2D eigenvalue weighted by Gasteiger charge is -2.31. The normalized spacial score (nSPS) is 21.6. The van der Waals surface area contributed by atoms with Crippen molar-refractivity contribution in [3.8, 4) is 0 Å². The first kappa shape index (κ1) is 19.9. The van der Waals surface area contributed by atoms with Crippen molar-refractivity contribution in [2.75, 3.05) is 0 Å². The molecule has 0 radical (unpaired) electrons. The zero-order chi connectivity index (χ0) is 17.6. The summed E-state index contributed by atoms with van der Waals surface area (Å²) in [6, 6.07) is -0.292. The molecule has 134 valence electrons. The van der Waals surface area contributed by atoms with E-state index in [-0.39, 0.29) is 24.3 Å². The Morgan fingerprint density at radius 3 is 2.43 bits per heavy atom. The Morgan fingerprint density at radius 2 is 1.87 bits per heavy atom. The van der Waals surface area contributed by atoms with E-state index in [0.29, 0.717) is 6.42 Å². The first-order valence-corrected chi connectivity index (χ1v) is 8.93. The summed E-state index contributed by atoms with van der Waals surface area (Å²) in [5.74, 6) is -0.230. The van der Waals surface area contributed by atoms with Gasteiger partial charge in [-0.05, 0) is 26.2 Å². The lowest BCUT2D eigenvalue weighted by molar-refractivity contribution is -0.132. The molecule has 0 unspecified atom stereocenters. The largest absolute Gasteiger partial charge is 0.441 e. The molecule has 1 rings (SSSR count). The molecular weight excluding hydrogens is 294 g/mol. The number of aliphatic hydroxyl groups excluding tert-OH is 1. The minimum atomic E-state index is -0.688. The average Bonchev–Trinajstić information content (AvgIpc) is 2.67. The van der Waals surface area contributed by atoms with E-state index in [1.807, 2.05) is 27.7 Å². The highest BCUT2D eigenvalue weighted by atomic mass is 16.6. The molecule has 0 aliphatic carbocycles. The van der Waals surface area contributed by atoms with Crippen LogP contribution < -0.4 is 0 Å². The molecule has 1 fully saturated rings. The van der Waals surface area contributed by atoms with E-state index in [0.717, 1.165) is 12.8 Å². The van der Waals surface area contributed by atoms with Gasteiger partial charge >= 0.3 is 6.09 Å². The van der Waals surface area contributed by atoms with Crippen LogP contribution in [0.5, 0.6) is 0 Å². The Hall–Kier alpha value is -1.10. The van der Waals surface area contributed by atoms with Crippen LogP contribution in [-0.4, -0.2) is 39.8 Å². The van der Waals surface area contributed by atoms with Gasteiger partial charge in [-0.2, -0.15) is 0 Å². The molecule has 1 N–H and O–H groups in total. The molecular formula is C18H33NO4. The van der Waals surface area contributed by atoms with E-state index in [2.05, 4.69) is 6.92 Å². The van der Waals surface area contributed by atoms with E-state index in [4.69, 9.17) is 4.74 Å². The number of hydrogen-bond donors (Lipinski definition) is 1. The Balaban J connectivity index is 2.54. The molecule has 0 aromatic carbocycles. The van der Waals surface area contributed by atoms with Gasteiger partial charge in [0, 0.05) is 0 Å². The number of rotatable bonds is 9. The maximum atomic E-state index is 12.5. The number of nitrogens with zero attached hydrogens (tertiary/aromatic N) is 1.